The number of hydrogen-bond donors (Lipinski definition) is 0. The zero-order chi connectivity index (χ0) is 16.3. The Balaban J connectivity index is 2.12. The zero-order valence-corrected chi connectivity index (χ0v) is 13.7. The molecule has 0 unspecified atom stereocenters. The van der Waals surface area contributed by atoms with Gasteiger partial charge in [-0.3, -0.25) is 9.59 Å². The first-order chi connectivity index (χ1) is 10.5. The highest BCUT2D eigenvalue weighted by Gasteiger charge is 2.35. The molecule has 0 saturated carbocycles. The molecule has 2 rings (SSSR count). The van der Waals surface area contributed by atoms with E-state index in [1.54, 1.807) is 16.7 Å². The molecule has 1 saturated heterocycles. The fourth-order valence-electron chi connectivity index (χ4n) is 2.65. The summed E-state index contributed by atoms with van der Waals surface area (Å²) in [4.78, 5) is 28.1. The maximum atomic E-state index is 12.6. The fraction of sp³-hybridized carbons (Fsp3) is 0.529. The van der Waals surface area contributed by atoms with Crippen LogP contribution < -0.4 is 9.64 Å². The highest BCUT2D eigenvalue weighted by molar-refractivity contribution is 6.00. The molecule has 0 N–H and O–H groups in total. The van der Waals surface area contributed by atoms with Crippen LogP contribution >= 0.6 is 0 Å². The van der Waals surface area contributed by atoms with Crippen molar-refractivity contribution in [1.82, 2.24) is 4.90 Å². The lowest BCUT2D eigenvalue weighted by Gasteiger charge is -2.39. The van der Waals surface area contributed by atoms with Crippen LogP contribution in [0.3, 0.4) is 0 Å². The van der Waals surface area contributed by atoms with Crippen molar-refractivity contribution in [3.05, 3.63) is 24.3 Å². The van der Waals surface area contributed by atoms with E-state index in [2.05, 4.69) is 0 Å². The molecular formula is C17H24N2O3. The highest BCUT2D eigenvalue weighted by atomic mass is 16.5. The van der Waals surface area contributed by atoms with Gasteiger partial charge in [-0.2, -0.15) is 0 Å². The molecular weight excluding hydrogens is 280 g/mol. The molecule has 1 aliphatic heterocycles. The van der Waals surface area contributed by atoms with E-state index in [-0.39, 0.29) is 17.7 Å². The van der Waals surface area contributed by atoms with E-state index in [0.29, 0.717) is 19.7 Å². The van der Waals surface area contributed by atoms with Crippen LogP contribution in [0.1, 0.15) is 27.7 Å². The molecule has 0 radical (unpaired) electrons. The van der Waals surface area contributed by atoms with E-state index >= 15 is 0 Å². The third-order valence-electron chi connectivity index (χ3n) is 3.89. The van der Waals surface area contributed by atoms with Gasteiger partial charge in [-0.1, -0.05) is 13.8 Å². The van der Waals surface area contributed by atoms with Gasteiger partial charge in [0.1, 0.15) is 11.8 Å². The molecule has 0 spiro atoms. The molecule has 5 nitrogen and oxygen atoms in total. The Hall–Kier alpha value is -2.04. The van der Waals surface area contributed by atoms with E-state index < -0.39 is 6.04 Å². The molecule has 0 aliphatic carbocycles. The van der Waals surface area contributed by atoms with Gasteiger partial charge in [0.25, 0.3) is 0 Å². The number of piperazine rings is 1. The number of benzene rings is 1. The van der Waals surface area contributed by atoms with Gasteiger partial charge in [-0.25, -0.2) is 0 Å². The van der Waals surface area contributed by atoms with Crippen LogP contribution in [0.5, 0.6) is 5.75 Å². The minimum atomic E-state index is -0.421. The highest BCUT2D eigenvalue weighted by Crippen LogP contribution is 2.24. The van der Waals surface area contributed by atoms with Gasteiger partial charge in [-0.15, -0.1) is 0 Å². The van der Waals surface area contributed by atoms with Crippen molar-refractivity contribution in [2.75, 3.05) is 24.6 Å². The minimum absolute atomic E-state index is 0.0344. The second kappa shape index (κ2) is 6.81. The van der Waals surface area contributed by atoms with Gasteiger partial charge in [-0.05, 0) is 38.1 Å². The van der Waals surface area contributed by atoms with Gasteiger partial charge in [0.15, 0.2) is 0 Å². The summed E-state index contributed by atoms with van der Waals surface area (Å²) in [5.41, 5.74) is 0.844. The molecule has 120 valence electrons. The molecule has 1 fully saturated rings. The maximum Gasteiger partial charge on any atom is 0.249 e. The van der Waals surface area contributed by atoms with E-state index in [4.69, 9.17) is 4.74 Å². The van der Waals surface area contributed by atoms with Crippen molar-refractivity contribution in [2.45, 2.75) is 33.7 Å². The number of rotatable bonds is 4. The second-order valence-electron chi connectivity index (χ2n) is 5.78. The predicted molar refractivity (Wildman–Crippen MR) is 86.0 cm³/mol. The topological polar surface area (TPSA) is 49.9 Å². The second-order valence-corrected chi connectivity index (χ2v) is 5.78. The molecule has 2 amide bonds. The van der Waals surface area contributed by atoms with Crippen LogP contribution in [0.4, 0.5) is 5.69 Å². The molecule has 0 bridgehead atoms. The molecule has 1 aliphatic rings. The predicted octanol–water partition coefficient (Wildman–Crippen LogP) is 2.31. The minimum Gasteiger partial charge on any atom is -0.494 e. The summed E-state index contributed by atoms with van der Waals surface area (Å²) in [6.07, 6.45) is 0. The summed E-state index contributed by atoms with van der Waals surface area (Å²) < 4.78 is 5.41. The largest absolute Gasteiger partial charge is 0.494 e. The van der Waals surface area contributed by atoms with Crippen molar-refractivity contribution in [2.24, 2.45) is 5.92 Å². The van der Waals surface area contributed by atoms with Gasteiger partial charge in [0.2, 0.25) is 11.8 Å². The standard InChI is InChI=1S/C17H24N2O3/c1-5-22-15-8-6-14(7-9-15)19-11-10-18(13(4)17(19)21)16(20)12(2)3/h6-9,12-13H,5,10-11H2,1-4H3/t13-/m0/s1. The number of carbonyl (C=O) groups is 2. The van der Waals surface area contributed by atoms with E-state index in [9.17, 15) is 9.59 Å². The molecule has 1 heterocycles. The summed E-state index contributed by atoms with van der Waals surface area (Å²) in [5, 5.41) is 0. The molecule has 5 heteroatoms. The Morgan fingerprint density at radius 1 is 1.27 bits per heavy atom. The first-order valence-corrected chi connectivity index (χ1v) is 7.80. The summed E-state index contributed by atoms with van der Waals surface area (Å²) in [6.45, 7) is 9.15. The Kier molecular flexibility index (Phi) is 5.06. The van der Waals surface area contributed by atoms with Crippen LogP contribution in [-0.4, -0.2) is 42.5 Å². The summed E-state index contributed by atoms with van der Waals surface area (Å²) in [6, 6.07) is 7.07. The van der Waals surface area contributed by atoms with Crippen molar-refractivity contribution in [1.29, 1.82) is 0 Å². The smallest absolute Gasteiger partial charge is 0.249 e. The lowest BCUT2D eigenvalue weighted by Crippen LogP contribution is -2.58. The van der Waals surface area contributed by atoms with E-state index in [1.807, 2.05) is 45.0 Å². The van der Waals surface area contributed by atoms with Gasteiger partial charge < -0.3 is 14.5 Å². The lowest BCUT2D eigenvalue weighted by atomic mass is 10.1. The Morgan fingerprint density at radius 3 is 2.45 bits per heavy atom. The van der Waals surface area contributed by atoms with E-state index in [1.165, 1.54) is 0 Å². The monoisotopic (exact) mass is 304 g/mol. The number of hydrogen-bond acceptors (Lipinski definition) is 3. The summed E-state index contributed by atoms with van der Waals surface area (Å²) >= 11 is 0. The van der Waals surface area contributed by atoms with Crippen molar-refractivity contribution < 1.29 is 14.3 Å². The third kappa shape index (κ3) is 3.24. The molecule has 1 atom stereocenters. The number of carbonyl (C=O) groups excluding carboxylic acids is 2. The average molecular weight is 304 g/mol. The van der Waals surface area contributed by atoms with Gasteiger partial charge in [0.05, 0.1) is 6.61 Å². The van der Waals surface area contributed by atoms with Crippen molar-refractivity contribution in [3.63, 3.8) is 0 Å². The quantitative estimate of drug-likeness (QED) is 0.857. The summed E-state index contributed by atoms with van der Waals surface area (Å²) in [5.74, 6) is 0.698. The van der Waals surface area contributed by atoms with Crippen LogP contribution in [-0.2, 0) is 9.59 Å². The molecule has 22 heavy (non-hydrogen) atoms. The van der Waals surface area contributed by atoms with Gasteiger partial charge in [0, 0.05) is 24.7 Å². The number of amides is 2. The van der Waals surface area contributed by atoms with Gasteiger partial charge >= 0.3 is 0 Å². The molecule has 0 aromatic heterocycles. The average Bonchev–Trinajstić information content (AvgIpc) is 2.50. The van der Waals surface area contributed by atoms with Crippen molar-refractivity contribution >= 4 is 17.5 Å². The number of anilines is 1. The number of nitrogens with zero attached hydrogens (tertiary/aromatic N) is 2. The fourth-order valence-corrected chi connectivity index (χ4v) is 2.65. The Labute approximate surface area is 131 Å². The van der Waals surface area contributed by atoms with Crippen molar-refractivity contribution in [3.8, 4) is 5.75 Å². The zero-order valence-electron chi connectivity index (χ0n) is 13.7. The first kappa shape index (κ1) is 16.3. The first-order valence-electron chi connectivity index (χ1n) is 7.80. The third-order valence-corrected chi connectivity index (χ3v) is 3.89. The lowest BCUT2D eigenvalue weighted by molar-refractivity contribution is -0.143. The van der Waals surface area contributed by atoms with E-state index in [0.717, 1.165) is 11.4 Å². The maximum absolute atomic E-state index is 12.6. The van der Waals surface area contributed by atoms with Crippen LogP contribution in [0.15, 0.2) is 24.3 Å². The Bertz CT molecular complexity index is 539. The molecule has 1 aromatic carbocycles. The van der Waals surface area contributed by atoms with Crippen LogP contribution in [0.2, 0.25) is 0 Å². The Morgan fingerprint density at radius 2 is 1.91 bits per heavy atom. The molecule has 1 aromatic rings. The SMILES string of the molecule is CCOc1ccc(N2CCN(C(=O)C(C)C)[C@@H](C)C2=O)cc1. The van der Waals surface area contributed by atoms with Crippen LogP contribution in [0, 0.1) is 5.92 Å². The van der Waals surface area contributed by atoms with Crippen LogP contribution in [0.25, 0.3) is 0 Å². The summed E-state index contributed by atoms with van der Waals surface area (Å²) in [7, 11) is 0. The number of ether oxygens (including phenoxy) is 1. The normalized spacial score (nSPS) is 18.8.